The number of rotatable bonds is 22. The van der Waals surface area contributed by atoms with E-state index < -0.39 is 91.1 Å². The zero-order chi connectivity index (χ0) is 43.3. The van der Waals surface area contributed by atoms with Crippen molar-refractivity contribution < 1.29 is 49.5 Å². The van der Waals surface area contributed by atoms with Gasteiger partial charge in [-0.05, 0) is 62.3 Å². The summed E-state index contributed by atoms with van der Waals surface area (Å²) in [6.07, 6.45) is -7.78. The number of aliphatic imine (C=N–C) groups is 1. The molecular weight excluding hydrogens is 754 g/mol. The molecule has 4 unspecified atom stereocenters. The second-order valence-corrected chi connectivity index (χ2v) is 14.9. The van der Waals surface area contributed by atoms with Crippen LogP contribution >= 0.6 is 0 Å². The van der Waals surface area contributed by atoms with Gasteiger partial charge in [-0.3, -0.25) is 29.0 Å². The fourth-order valence-corrected chi connectivity index (χ4v) is 6.43. The van der Waals surface area contributed by atoms with Crippen LogP contribution in [-0.2, 0) is 30.5 Å². The Hall–Kier alpha value is -5.34. The molecule has 14 N–H and O–H groups in total. The number of amides is 5. The van der Waals surface area contributed by atoms with E-state index in [-0.39, 0.29) is 31.3 Å². The first-order valence-electron chi connectivity index (χ1n) is 19.3. The van der Waals surface area contributed by atoms with Crippen LogP contribution in [-0.4, -0.2) is 128 Å². The van der Waals surface area contributed by atoms with E-state index in [1.165, 1.54) is 0 Å². The number of benzene rings is 2. The van der Waals surface area contributed by atoms with Crippen molar-refractivity contribution in [1.82, 2.24) is 25.8 Å². The van der Waals surface area contributed by atoms with Crippen LogP contribution in [0.4, 0.5) is 5.69 Å². The number of nitrogens with zero attached hydrogens (tertiary/aromatic N) is 2. The van der Waals surface area contributed by atoms with E-state index >= 15 is 0 Å². The Morgan fingerprint density at radius 1 is 0.793 bits per heavy atom. The number of aliphatic hydroxyl groups is 5. The Labute approximate surface area is 336 Å². The molecule has 1 aromatic heterocycles. The number of nitrogens with one attached hydrogen (secondary N) is 5. The Morgan fingerprint density at radius 3 is 2.09 bits per heavy atom. The summed E-state index contributed by atoms with van der Waals surface area (Å²) in [5, 5.41) is 63.7. The number of carbonyl (C=O) groups excluding carboxylic acids is 5. The van der Waals surface area contributed by atoms with Gasteiger partial charge in [-0.25, -0.2) is 0 Å². The van der Waals surface area contributed by atoms with Crippen LogP contribution in [0.2, 0.25) is 0 Å². The summed E-state index contributed by atoms with van der Waals surface area (Å²) < 4.78 is 2.18. The van der Waals surface area contributed by atoms with Crippen LogP contribution in [0.15, 0.2) is 47.5 Å². The molecular formula is C39H59N9O10. The number of hydrogen-bond donors (Lipinski definition) is 12. The number of nitrogens with two attached hydrogens (primary N) is 2. The second-order valence-electron chi connectivity index (χ2n) is 14.9. The predicted octanol–water partition coefficient (Wildman–Crippen LogP) is -1.48. The molecule has 320 valence electrons. The van der Waals surface area contributed by atoms with Crippen molar-refractivity contribution in [1.29, 1.82) is 0 Å². The molecule has 1 heterocycles. The average molecular weight is 814 g/mol. The van der Waals surface area contributed by atoms with Crippen LogP contribution < -0.4 is 38.1 Å². The molecule has 0 aliphatic carbocycles. The highest BCUT2D eigenvalue weighted by Crippen LogP contribution is 2.31. The molecule has 3 rings (SSSR count). The number of aliphatic hydroxyl groups excluding tert-OH is 5. The van der Waals surface area contributed by atoms with Gasteiger partial charge in [0.2, 0.25) is 23.6 Å². The fourth-order valence-electron chi connectivity index (χ4n) is 6.43. The van der Waals surface area contributed by atoms with E-state index in [2.05, 4.69) is 43.1 Å². The summed E-state index contributed by atoms with van der Waals surface area (Å²) in [5.41, 5.74) is 13.5. The number of aromatic nitrogens is 1. The molecule has 7 atom stereocenters. The predicted molar refractivity (Wildman–Crippen MR) is 218 cm³/mol. The lowest BCUT2D eigenvalue weighted by Gasteiger charge is -2.29. The van der Waals surface area contributed by atoms with Crippen molar-refractivity contribution in [3.05, 3.63) is 42.5 Å². The third kappa shape index (κ3) is 12.8. The minimum absolute atomic E-state index is 0.121. The van der Waals surface area contributed by atoms with E-state index in [1.54, 1.807) is 33.8 Å². The second kappa shape index (κ2) is 22.0. The lowest BCUT2D eigenvalue weighted by Crippen LogP contribution is -2.59. The van der Waals surface area contributed by atoms with Crippen LogP contribution in [0, 0.1) is 11.8 Å². The number of aryl methyl sites for hydroxylation is 1. The molecule has 0 radical (unpaired) electrons. The average Bonchev–Trinajstić information content (AvgIpc) is 3.50. The number of para-hydroxylation sites is 1. The third-order valence-electron chi connectivity index (χ3n) is 9.49. The molecule has 2 aromatic carbocycles. The number of guanidine groups is 1. The van der Waals surface area contributed by atoms with Gasteiger partial charge < -0.3 is 68.2 Å². The third-order valence-corrected chi connectivity index (χ3v) is 9.49. The summed E-state index contributed by atoms with van der Waals surface area (Å²) >= 11 is 0. The lowest BCUT2D eigenvalue weighted by molar-refractivity contribution is -0.151. The summed E-state index contributed by atoms with van der Waals surface area (Å²) in [5.74, 6) is -4.84. The summed E-state index contributed by atoms with van der Waals surface area (Å²) in [6, 6.07) is 9.97. The Balaban J connectivity index is 1.70. The van der Waals surface area contributed by atoms with Crippen molar-refractivity contribution in [2.24, 2.45) is 28.3 Å². The van der Waals surface area contributed by atoms with E-state index in [0.717, 1.165) is 28.4 Å². The van der Waals surface area contributed by atoms with Crippen molar-refractivity contribution in [2.75, 3.05) is 25.0 Å². The minimum atomic E-state index is -2.28. The highest BCUT2D eigenvalue weighted by molar-refractivity contribution is 6.10. The van der Waals surface area contributed by atoms with Crippen molar-refractivity contribution in [2.45, 2.75) is 103 Å². The van der Waals surface area contributed by atoms with E-state index in [9.17, 15) is 44.4 Å². The Morgan fingerprint density at radius 2 is 1.47 bits per heavy atom. The van der Waals surface area contributed by atoms with Gasteiger partial charge in [-0.2, -0.15) is 0 Å². The zero-order valence-electron chi connectivity index (χ0n) is 33.5. The topological polar surface area (TPSA) is 316 Å². The van der Waals surface area contributed by atoms with E-state index in [0.29, 0.717) is 12.1 Å². The molecule has 0 spiro atoms. The maximum absolute atomic E-state index is 13.6. The molecule has 19 nitrogen and oxygen atoms in total. The summed E-state index contributed by atoms with van der Waals surface area (Å²) in [6.45, 7) is 8.25. The van der Waals surface area contributed by atoms with Crippen LogP contribution in [0.1, 0.15) is 53.9 Å². The van der Waals surface area contributed by atoms with Gasteiger partial charge in [0, 0.05) is 40.6 Å². The molecule has 58 heavy (non-hydrogen) atoms. The minimum Gasteiger partial charge on any atom is -0.394 e. The van der Waals surface area contributed by atoms with Crippen LogP contribution in [0.5, 0.6) is 0 Å². The van der Waals surface area contributed by atoms with Crippen LogP contribution in [0.25, 0.3) is 21.8 Å². The maximum atomic E-state index is 13.6. The number of anilines is 1. The van der Waals surface area contributed by atoms with Gasteiger partial charge in [0.15, 0.2) is 12.1 Å². The molecule has 0 saturated carbocycles. The molecule has 5 amide bonds. The molecule has 0 aliphatic heterocycles. The van der Waals surface area contributed by atoms with Gasteiger partial charge in [0.05, 0.1) is 13.2 Å². The highest BCUT2D eigenvalue weighted by Gasteiger charge is 2.37. The van der Waals surface area contributed by atoms with Crippen molar-refractivity contribution >= 4 is 63.0 Å². The van der Waals surface area contributed by atoms with Gasteiger partial charge in [0.1, 0.15) is 36.4 Å². The Kier molecular flexibility index (Phi) is 17.8. The smallest absolute Gasteiger partial charge is 0.252 e. The number of hydrogen-bond acceptors (Lipinski definition) is 11. The molecule has 0 saturated heterocycles. The first-order valence-corrected chi connectivity index (χ1v) is 19.3. The van der Waals surface area contributed by atoms with Gasteiger partial charge in [0.25, 0.3) is 5.91 Å². The molecule has 0 bridgehead atoms. The molecule has 0 fully saturated rings. The van der Waals surface area contributed by atoms with Crippen molar-refractivity contribution in [3.63, 3.8) is 0 Å². The van der Waals surface area contributed by atoms with Gasteiger partial charge in [-0.15, -0.1) is 0 Å². The van der Waals surface area contributed by atoms with E-state index in [4.69, 9.17) is 16.6 Å². The summed E-state index contributed by atoms with van der Waals surface area (Å²) in [4.78, 5) is 70.3. The zero-order valence-corrected chi connectivity index (χ0v) is 33.5. The molecule has 3 aromatic rings. The lowest BCUT2D eigenvalue weighted by atomic mass is 9.98. The first kappa shape index (κ1) is 47.0. The standard InChI is InChI=1S/C39H59N9O10/c1-6-48-27-12-8-7-10-23(27)24-17-22(13-14-28(24)48)44-36(56)25(11-9-15-42-39(40)41)45-30(51)18-43-35(55)26(16-20(2)3)46-37(57)31(21(4)5)47-38(58)34(54)33(53)32(52)29(50)19-49/h7-8,10,12-14,17,20-21,25-26,29,31-34,49-50,52-54H,6,9,11,15-16,18-19H2,1-5H3,(H,43,55)(H,44,56)(H,45,51)(H,46,57)(H,47,58)(H4,40,41,42)/t25-,26-,29?,31-,32?,33?,34?/m0/s1. The van der Waals surface area contributed by atoms with Gasteiger partial charge >= 0.3 is 0 Å². The highest BCUT2D eigenvalue weighted by atomic mass is 16.4. The van der Waals surface area contributed by atoms with Crippen LogP contribution in [0.3, 0.4) is 0 Å². The van der Waals surface area contributed by atoms with E-state index in [1.807, 2.05) is 36.4 Å². The summed E-state index contributed by atoms with van der Waals surface area (Å²) in [7, 11) is 0. The number of carbonyl (C=O) groups is 5. The maximum Gasteiger partial charge on any atom is 0.252 e. The monoisotopic (exact) mass is 813 g/mol. The number of fused-ring (bicyclic) bond motifs is 3. The SMILES string of the molecule is CCn1c2ccccc2c2cc(NC(=O)[C@H](CCCN=C(N)N)NC(=O)CNC(=O)[C@H](CC(C)C)NC(=O)[C@@H](NC(=O)C(O)C(O)C(O)C(O)CO)C(C)C)ccc21. The van der Waals surface area contributed by atoms with Crippen molar-refractivity contribution in [3.8, 4) is 0 Å². The quantitative estimate of drug-likeness (QED) is 0.0314. The van der Waals surface area contributed by atoms with Gasteiger partial charge in [-0.1, -0.05) is 45.9 Å². The first-order chi connectivity index (χ1) is 27.4. The normalized spacial score (nSPS) is 15.2. The Bertz CT molecular complexity index is 1910. The molecule has 0 aliphatic rings. The molecule has 19 heteroatoms. The largest absolute Gasteiger partial charge is 0.394 e. The fraction of sp³-hybridized carbons (Fsp3) is 0.538.